The Morgan fingerprint density at radius 2 is 1.97 bits per heavy atom. The molecule has 2 aliphatic rings. The second-order valence-corrected chi connectivity index (χ2v) is 8.58. The summed E-state index contributed by atoms with van der Waals surface area (Å²) in [5, 5.41) is 5.07. The summed E-state index contributed by atoms with van der Waals surface area (Å²) in [6, 6.07) is 9.84. The summed E-state index contributed by atoms with van der Waals surface area (Å²) in [7, 11) is 0. The number of amidine groups is 1. The lowest BCUT2D eigenvalue weighted by Crippen LogP contribution is -2.37. The average Bonchev–Trinajstić information content (AvgIpc) is 3.29. The summed E-state index contributed by atoms with van der Waals surface area (Å²) in [5.74, 6) is 1.55. The van der Waals surface area contributed by atoms with Gasteiger partial charge >= 0.3 is 5.97 Å². The Hall–Kier alpha value is -2.60. The number of carbonyl (C=O) groups is 1. The third-order valence-electron chi connectivity index (χ3n) is 6.06. The van der Waals surface area contributed by atoms with Gasteiger partial charge in [0.1, 0.15) is 5.84 Å². The van der Waals surface area contributed by atoms with Crippen LogP contribution >= 0.6 is 11.6 Å². The van der Waals surface area contributed by atoms with E-state index in [1.165, 1.54) is 5.70 Å². The molecule has 2 aromatic rings. The Bertz CT molecular complexity index is 929. The van der Waals surface area contributed by atoms with Gasteiger partial charge in [0.25, 0.3) is 0 Å². The monoisotopic (exact) mass is 440 g/mol. The number of aliphatic imine (C=N–C) groups is 1. The number of allylic oxidation sites excluding steroid dienone is 1. The topological polar surface area (TPSA) is 59.7 Å². The molecular weight excluding hydrogens is 412 g/mol. The minimum atomic E-state index is -0.0331. The first kappa shape index (κ1) is 21.6. The number of anilines is 1. The number of hydrogen-bond donors (Lipinski definition) is 0. The molecule has 4 rings (SSSR count). The lowest BCUT2D eigenvalue weighted by atomic mass is 9.79. The summed E-state index contributed by atoms with van der Waals surface area (Å²) in [6.07, 6.45) is 10.8. The van der Waals surface area contributed by atoms with Crippen molar-refractivity contribution in [2.24, 2.45) is 16.8 Å². The highest BCUT2D eigenvalue weighted by Gasteiger charge is 2.30. The van der Waals surface area contributed by atoms with Crippen LogP contribution in [-0.4, -0.2) is 34.7 Å². The summed E-state index contributed by atoms with van der Waals surface area (Å²) in [5.41, 5.74) is 2.32. The van der Waals surface area contributed by atoms with Gasteiger partial charge < -0.3 is 9.64 Å². The molecule has 1 aliphatic heterocycles. The maximum Gasteiger partial charge on any atom is 0.308 e. The maximum absolute atomic E-state index is 12.1. The molecule has 0 radical (unpaired) electrons. The Morgan fingerprint density at radius 3 is 2.65 bits per heavy atom. The molecule has 1 fully saturated rings. The molecule has 0 amide bonds. The van der Waals surface area contributed by atoms with Crippen LogP contribution in [0.3, 0.4) is 0 Å². The van der Waals surface area contributed by atoms with E-state index in [4.69, 9.17) is 21.3 Å². The molecule has 2 heterocycles. The van der Waals surface area contributed by atoms with Gasteiger partial charge in [-0.15, -0.1) is 0 Å². The number of aromatic nitrogens is 2. The van der Waals surface area contributed by atoms with Gasteiger partial charge in [0.15, 0.2) is 0 Å². The van der Waals surface area contributed by atoms with E-state index in [1.807, 2.05) is 48.1 Å². The molecule has 0 saturated heterocycles. The molecule has 1 aliphatic carbocycles. The molecule has 1 aromatic carbocycles. The van der Waals surface area contributed by atoms with Crippen molar-refractivity contribution in [3.8, 4) is 0 Å². The first-order valence-corrected chi connectivity index (χ1v) is 11.4. The number of esters is 1. The lowest BCUT2D eigenvalue weighted by Gasteiger charge is -2.35. The largest absolute Gasteiger partial charge is 0.466 e. The van der Waals surface area contributed by atoms with Crippen LogP contribution in [0.15, 0.2) is 59.5 Å². The predicted octanol–water partition coefficient (Wildman–Crippen LogP) is 5.10. The third kappa shape index (κ3) is 5.37. The van der Waals surface area contributed by atoms with Crippen LogP contribution in [0.5, 0.6) is 0 Å². The van der Waals surface area contributed by atoms with Gasteiger partial charge in [-0.3, -0.25) is 14.5 Å². The van der Waals surface area contributed by atoms with E-state index in [1.54, 1.807) is 6.20 Å². The van der Waals surface area contributed by atoms with Gasteiger partial charge in [-0.25, -0.2) is 0 Å². The minimum Gasteiger partial charge on any atom is -0.466 e. The van der Waals surface area contributed by atoms with Gasteiger partial charge in [0.2, 0.25) is 0 Å². The van der Waals surface area contributed by atoms with Crippen molar-refractivity contribution in [1.29, 1.82) is 0 Å². The van der Waals surface area contributed by atoms with Crippen LogP contribution < -0.4 is 4.90 Å². The van der Waals surface area contributed by atoms with Crippen molar-refractivity contribution < 1.29 is 9.53 Å². The highest BCUT2D eigenvalue weighted by atomic mass is 35.5. The first-order chi connectivity index (χ1) is 15.1. The smallest absolute Gasteiger partial charge is 0.308 e. The Kier molecular flexibility index (Phi) is 7.07. The van der Waals surface area contributed by atoms with Crippen LogP contribution in [-0.2, 0) is 16.1 Å². The molecule has 1 saturated carbocycles. The van der Waals surface area contributed by atoms with E-state index in [0.29, 0.717) is 30.6 Å². The van der Waals surface area contributed by atoms with Crippen molar-refractivity contribution in [2.75, 3.05) is 18.1 Å². The zero-order valence-electron chi connectivity index (χ0n) is 17.9. The van der Waals surface area contributed by atoms with Crippen molar-refractivity contribution >= 4 is 29.1 Å². The SMILES string of the molecule is CCOC(=O)C1CCC(CC2=CCN=C(Cn3cccn3)N2c2ccc(Cl)cc2)CC1. The first-order valence-electron chi connectivity index (χ1n) is 11.1. The number of hydrogen-bond acceptors (Lipinski definition) is 5. The zero-order chi connectivity index (χ0) is 21.6. The molecule has 0 atom stereocenters. The standard InChI is InChI=1S/C24H29ClN4O2/c1-2-31-24(30)19-6-4-18(5-7-19)16-22-12-14-26-23(17-28-15-3-13-27-28)29(22)21-10-8-20(25)9-11-21/h3,8-13,15,18-19H,2,4-7,14,16-17H2,1H3. The Labute approximate surface area is 188 Å². The maximum atomic E-state index is 12.1. The van der Waals surface area contributed by atoms with Crippen molar-refractivity contribution in [3.05, 3.63) is 59.5 Å². The van der Waals surface area contributed by atoms with E-state index in [-0.39, 0.29) is 11.9 Å². The predicted molar refractivity (Wildman–Crippen MR) is 123 cm³/mol. The highest BCUT2D eigenvalue weighted by Crippen LogP contribution is 2.36. The van der Waals surface area contributed by atoms with Crippen molar-refractivity contribution in [3.63, 3.8) is 0 Å². The molecule has 1 aromatic heterocycles. The second-order valence-electron chi connectivity index (χ2n) is 8.14. The fourth-order valence-electron chi connectivity index (χ4n) is 4.48. The molecule has 0 unspecified atom stereocenters. The molecule has 0 N–H and O–H groups in total. The van der Waals surface area contributed by atoms with Gasteiger partial charge in [-0.1, -0.05) is 11.6 Å². The van der Waals surface area contributed by atoms with Gasteiger partial charge in [0.05, 0.1) is 25.6 Å². The van der Waals surface area contributed by atoms with E-state index >= 15 is 0 Å². The van der Waals surface area contributed by atoms with Crippen LogP contribution in [0.2, 0.25) is 5.02 Å². The molecule has 0 spiro atoms. The molecule has 0 bridgehead atoms. The highest BCUT2D eigenvalue weighted by molar-refractivity contribution is 6.30. The van der Waals surface area contributed by atoms with E-state index < -0.39 is 0 Å². The number of ether oxygens (including phenoxy) is 1. The van der Waals surface area contributed by atoms with Crippen LogP contribution in [0.25, 0.3) is 0 Å². The van der Waals surface area contributed by atoms with Crippen molar-refractivity contribution in [1.82, 2.24) is 9.78 Å². The summed E-state index contributed by atoms with van der Waals surface area (Å²) < 4.78 is 7.12. The second kappa shape index (κ2) is 10.1. The summed E-state index contributed by atoms with van der Waals surface area (Å²) in [4.78, 5) is 19.1. The van der Waals surface area contributed by atoms with E-state index in [2.05, 4.69) is 16.1 Å². The fourth-order valence-corrected chi connectivity index (χ4v) is 4.61. The fraction of sp³-hybridized carbons (Fsp3) is 0.458. The molecule has 6 nitrogen and oxygen atoms in total. The minimum absolute atomic E-state index is 0.0331. The van der Waals surface area contributed by atoms with Crippen LogP contribution in [0, 0.1) is 11.8 Å². The Balaban J connectivity index is 1.48. The Morgan fingerprint density at radius 1 is 1.19 bits per heavy atom. The number of halogens is 1. The quantitative estimate of drug-likeness (QED) is 0.562. The average molecular weight is 441 g/mol. The van der Waals surface area contributed by atoms with Crippen LogP contribution in [0.1, 0.15) is 39.0 Å². The molecule has 31 heavy (non-hydrogen) atoms. The third-order valence-corrected chi connectivity index (χ3v) is 6.31. The van der Waals surface area contributed by atoms with Gasteiger partial charge in [-0.05, 0) is 81.4 Å². The number of rotatable bonds is 7. The summed E-state index contributed by atoms with van der Waals surface area (Å²) in [6.45, 7) is 3.61. The number of benzene rings is 1. The molecule has 164 valence electrons. The van der Waals surface area contributed by atoms with E-state index in [0.717, 1.165) is 43.6 Å². The summed E-state index contributed by atoms with van der Waals surface area (Å²) >= 11 is 6.14. The zero-order valence-corrected chi connectivity index (χ0v) is 18.7. The normalized spacial score (nSPS) is 21.4. The van der Waals surface area contributed by atoms with Gasteiger partial charge in [-0.2, -0.15) is 5.10 Å². The van der Waals surface area contributed by atoms with Gasteiger partial charge in [0, 0.05) is 28.8 Å². The molecular formula is C24H29ClN4O2. The lowest BCUT2D eigenvalue weighted by molar-refractivity contribution is -0.149. The van der Waals surface area contributed by atoms with Crippen molar-refractivity contribution in [2.45, 2.75) is 45.6 Å². The number of nitrogens with zero attached hydrogens (tertiary/aromatic N) is 4. The molecule has 7 heteroatoms. The van der Waals surface area contributed by atoms with Crippen LogP contribution in [0.4, 0.5) is 5.69 Å². The number of carbonyl (C=O) groups excluding carboxylic acids is 1. The van der Waals surface area contributed by atoms with E-state index in [9.17, 15) is 4.79 Å².